The number of hydrogen-bond acceptors (Lipinski definition) is 4. The van der Waals surface area contributed by atoms with E-state index in [2.05, 4.69) is 10.1 Å². The predicted octanol–water partition coefficient (Wildman–Crippen LogP) is 6.46. The molecule has 0 aliphatic rings. The van der Waals surface area contributed by atoms with Gasteiger partial charge in [0.2, 0.25) is 5.60 Å². The van der Waals surface area contributed by atoms with E-state index in [-0.39, 0.29) is 11.3 Å². The Balaban J connectivity index is 2.41. The molecule has 1 atom stereocenters. The number of alkyl halides is 6. The SMILES string of the molecule is Cc1cc(C(O)(c2ccc(OC(F)(F)Br)cc2)C(F)(F)F)ccc1NC(=O)OC(C)(C)C. The summed E-state index contributed by atoms with van der Waals surface area (Å²) in [6.07, 6.45) is -5.94. The Morgan fingerprint density at radius 2 is 1.50 bits per heavy atom. The van der Waals surface area contributed by atoms with Crippen molar-refractivity contribution in [1.29, 1.82) is 0 Å². The van der Waals surface area contributed by atoms with Crippen LogP contribution in [0.15, 0.2) is 42.5 Å². The van der Waals surface area contributed by atoms with Crippen LogP contribution in [0.1, 0.15) is 37.5 Å². The molecule has 0 saturated carbocycles. The first-order chi connectivity index (χ1) is 14.4. The lowest BCUT2D eigenvalue weighted by molar-refractivity contribution is -0.248. The molecule has 0 radical (unpaired) electrons. The summed E-state index contributed by atoms with van der Waals surface area (Å²) >= 11 is 1.97. The maximum absolute atomic E-state index is 14.0. The number of amides is 1. The number of benzene rings is 2. The molecule has 2 rings (SSSR count). The molecule has 0 spiro atoms. The third-order valence-corrected chi connectivity index (χ3v) is 4.36. The molecule has 0 aliphatic carbocycles. The van der Waals surface area contributed by atoms with Crippen molar-refractivity contribution >= 4 is 27.7 Å². The van der Waals surface area contributed by atoms with Gasteiger partial charge in [-0.05, 0) is 62.6 Å². The molecule has 2 aromatic carbocycles. The second kappa shape index (κ2) is 8.86. The average Bonchev–Trinajstić information content (AvgIpc) is 2.59. The van der Waals surface area contributed by atoms with Crippen molar-refractivity contribution in [3.8, 4) is 5.75 Å². The molecular weight excluding hydrogens is 505 g/mol. The standard InChI is InChI=1S/C21H21BrF5NO4/c1-12-11-14(7-10-16(12)28-17(29)32-18(2,3)4)19(30,20(23,24)25)13-5-8-15(9-6-13)31-21(22,26)27/h5-11,30H,1-4H3,(H,28,29). The van der Waals surface area contributed by atoms with Gasteiger partial charge in [-0.25, -0.2) is 4.79 Å². The second-order valence-electron chi connectivity index (χ2n) is 7.94. The highest BCUT2D eigenvalue weighted by Crippen LogP contribution is 2.45. The van der Waals surface area contributed by atoms with Crippen LogP contribution in [0.5, 0.6) is 5.75 Å². The summed E-state index contributed by atoms with van der Waals surface area (Å²) in [4.78, 5) is 11.9. The highest BCUT2D eigenvalue weighted by molar-refractivity contribution is 9.09. The Labute approximate surface area is 189 Å². The van der Waals surface area contributed by atoms with Gasteiger partial charge in [-0.1, -0.05) is 24.3 Å². The van der Waals surface area contributed by atoms with Gasteiger partial charge in [0, 0.05) is 21.6 Å². The number of anilines is 1. The van der Waals surface area contributed by atoms with Gasteiger partial charge in [-0.15, -0.1) is 0 Å². The van der Waals surface area contributed by atoms with Crippen LogP contribution < -0.4 is 10.1 Å². The highest BCUT2D eigenvalue weighted by atomic mass is 79.9. The maximum Gasteiger partial charge on any atom is 0.459 e. The van der Waals surface area contributed by atoms with E-state index in [1.165, 1.54) is 13.0 Å². The van der Waals surface area contributed by atoms with Crippen LogP contribution in [0.4, 0.5) is 32.4 Å². The lowest BCUT2D eigenvalue weighted by atomic mass is 9.84. The number of nitrogens with one attached hydrogen (secondary N) is 1. The normalized spacial score (nSPS) is 14.5. The quantitative estimate of drug-likeness (QED) is 0.347. The zero-order valence-electron chi connectivity index (χ0n) is 17.5. The number of aryl methyl sites for hydroxylation is 1. The number of halogens is 6. The van der Waals surface area contributed by atoms with Crippen LogP contribution in [-0.4, -0.2) is 28.0 Å². The Kier molecular flexibility index (Phi) is 7.16. The van der Waals surface area contributed by atoms with Crippen LogP contribution in [0.2, 0.25) is 0 Å². The largest absolute Gasteiger partial charge is 0.459 e. The van der Waals surface area contributed by atoms with E-state index < -0.39 is 45.4 Å². The summed E-state index contributed by atoms with van der Waals surface area (Å²) in [6, 6.07) is 6.71. The molecule has 0 bridgehead atoms. The molecule has 1 unspecified atom stereocenters. The third kappa shape index (κ3) is 6.32. The van der Waals surface area contributed by atoms with Crippen molar-refractivity contribution in [2.24, 2.45) is 0 Å². The third-order valence-electron chi connectivity index (χ3n) is 4.20. The monoisotopic (exact) mass is 525 g/mol. The first-order valence-electron chi connectivity index (χ1n) is 9.19. The average molecular weight is 526 g/mol. The Bertz CT molecular complexity index is 968. The second-order valence-corrected chi connectivity index (χ2v) is 8.86. The molecule has 2 aromatic rings. The minimum atomic E-state index is -5.15. The van der Waals surface area contributed by atoms with Crippen molar-refractivity contribution in [1.82, 2.24) is 0 Å². The summed E-state index contributed by atoms with van der Waals surface area (Å²) in [6.45, 7) is 6.41. The number of ether oxygens (including phenoxy) is 2. The minimum absolute atomic E-state index is 0.191. The summed E-state index contributed by atoms with van der Waals surface area (Å²) in [5.74, 6) is -0.409. The zero-order chi connectivity index (χ0) is 24.5. The first-order valence-corrected chi connectivity index (χ1v) is 9.98. The van der Waals surface area contributed by atoms with E-state index in [9.17, 15) is 31.9 Å². The molecule has 5 nitrogen and oxygen atoms in total. The predicted molar refractivity (Wildman–Crippen MR) is 111 cm³/mol. The van der Waals surface area contributed by atoms with E-state index in [4.69, 9.17) is 4.74 Å². The van der Waals surface area contributed by atoms with E-state index in [0.717, 1.165) is 36.4 Å². The molecule has 1 amide bonds. The Morgan fingerprint density at radius 3 is 1.94 bits per heavy atom. The number of carbonyl (C=O) groups is 1. The van der Waals surface area contributed by atoms with Gasteiger partial charge in [0.1, 0.15) is 11.4 Å². The summed E-state index contributed by atoms with van der Waals surface area (Å²) in [5.41, 5.74) is -4.94. The molecule has 0 heterocycles. The lowest BCUT2D eigenvalue weighted by Crippen LogP contribution is -2.43. The molecule has 0 aromatic heterocycles. The van der Waals surface area contributed by atoms with Crippen LogP contribution in [0.3, 0.4) is 0 Å². The first kappa shape index (κ1) is 25.9. The van der Waals surface area contributed by atoms with E-state index in [0.29, 0.717) is 0 Å². The van der Waals surface area contributed by atoms with Crippen molar-refractivity contribution in [3.63, 3.8) is 0 Å². The maximum atomic E-state index is 14.0. The highest BCUT2D eigenvalue weighted by Gasteiger charge is 2.56. The molecule has 11 heteroatoms. The molecule has 0 fully saturated rings. The van der Waals surface area contributed by atoms with E-state index in [1.54, 1.807) is 20.8 Å². The number of aliphatic hydroxyl groups is 1. The fourth-order valence-electron chi connectivity index (χ4n) is 2.83. The van der Waals surface area contributed by atoms with Crippen LogP contribution in [0.25, 0.3) is 0 Å². The van der Waals surface area contributed by atoms with Crippen LogP contribution >= 0.6 is 15.9 Å². The fourth-order valence-corrected chi connectivity index (χ4v) is 3.02. The number of hydrogen-bond donors (Lipinski definition) is 2. The topological polar surface area (TPSA) is 67.8 Å². The van der Waals surface area contributed by atoms with Crippen molar-refractivity contribution < 1.29 is 41.3 Å². The molecule has 0 aliphatic heterocycles. The van der Waals surface area contributed by atoms with E-state index >= 15 is 0 Å². The van der Waals surface area contributed by atoms with Gasteiger partial charge in [0.25, 0.3) is 0 Å². The summed E-state index contributed by atoms with van der Waals surface area (Å²) in [7, 11) is 0. The van der Waals surface area contributed by atoms with Crippen molar-refractivity contribution in [3.05, 3.63) is 59.2 Å². The van der Waals surface area contributed by atoms with Gasteiger partial charge in [-0.3, -0.25) is 5.32 Å². The summed E-state index contributed by atoms with van der Waals surface area (Å²) in [5, 5.41) is 9.46. The van der Waals surface area contributed by atoms with Crippen LogP contribution in [-0.2, 0) is 10.3 Å². The summed E-state index contributed by atoms with van der Waals surface area (Å²) < 4.78 is 77.1. The van der Waals surface area contributed by atoms with Crippen molar-refractivity contribution in [2.45, 2.75) is 50.1 Å². The van der Waals surface area contributed by atoms with Crippen LogP contribution in [0, 0.1) is 6.92 Å². The fraction of sp³-hybridized carbons (Fsp3) is 0.381. The lowest BCUT2D eigenvalue weighted by Gasteiger charge is -2.32. The Hall–Kier alpha value is -2.40. The number of carbonyl (C=O) groups excluding carboxylic acids is 1. The minimum Gasteiger partial charge on any atom is -0.444 e. The van der Waals surface area contributed by atoms with Gasteiger partial charge in [0.15, 0.2) is 0 Å². The Morgan fingerprint density at radius 1 is 0.969 bits per heavy atom. The van der Waals surface area contributed by atoms with Gasteiger partial charge >= 0.3 is 17.3 Å². The van der Waals surface area contributed by atoms with E-state index in [1.807, 2.05) is 15.9 Å². The molecule has 2 N–H and O–H groups in total. The van der Waals surface area contributed by atoms with Gasteiger partial charge in [0.05, 0.1) is 0 Å². The molecule has 0 saturated heterocycles. The molecule has 32 heavy (non-hydrogen) atoms. The van der Waals surface area contributed by atoms with Crippen molar-refractivity contribution in [2.75, 3.05) is 5.32 Å². The van der Waals surface area contributed by atoms with Gasteiger partial charge in [-0.2, -0.15) is 22.0 Å². The smallest absolute Gasteiger partial charge is 0.444 e. The molecular formula is C21H21BrF5NO4. The number of rotatable bonds is 5. The zero-order valence-corrected chi connectivity index (χ0v) is 19.1. The van der Waals surface area contributed by atoms with Gasteiger partial charge < -0.3 is 14.6 Å². The molecule has 176 valence electrons.